The van der Waals surface area contributed by atoms with Gasteiger partial charge in [0, 0.05) is 0 Å². The Morgan fingerprint density at radius 3 is 2.50 bits per heavy atom. The van der Waals surface area contributed by atoms with Crippen LogP contribution >= 0.6 is 0 Å². The first-order valence-electron chi connectivity index (χ1n) is 13.7. The van der Waals surface area contributed by atoms with Crippen LogP contribution in [0.4, 0.5) is 4.79 Å². The molecule has 12 heteroatoms. The van der Waals surface area contributed by atoms with Crippen LogP contribution in [0, 0.1) is 5.92 Å². The lowest BCUT2D eigenvalue weighted by atomic mass is 10.0. The van der Waals surface area contributed by atoms with Crippen molar-refractivity contribution in [3.8, 4) is 5.75 Å². The Morgan fingerprint density at radius 1 is 1.05 bits per heavy atom. The van der Waals surface area contributed by atoms with E-state index in [1.54, 1.807) is 0 Å². The van der Waals surface area contributed by atoms with Crippen LogP contribution in [0.5, 0.6) is 5.75 Å². The molecule has 2 aliphatic heterocycles. The molecule has 0 bridgehead atoms. The van der Waals surface area contributed by atoms with Gasteiger partial charge >= 0.3 is 6.09 Å². The third-order valence-electron chi connectivity index (χ3n) is 7.62. The molecule has 2 aromatic carbocycles. The number of sulfonamides is 1. The van der Waals surface area contributed by atoms with Gasteiger partial charge in [-0.15, -0.1) is 0 Å². The van der Waals surface area contributed by atoms with Gasteiger partial charge in [-0.05, 0) is 55.5 Å². The molecular formula is C28H36N2O9S. The number of hydroxylamine groups is 1. The Morgan fingerprint density at radius 2 is 1.77 bits per heavy atom. The molecule has 0 spiro atoms. The average Bonchev–Trinajstić information content (AvgIpc) is 3.70. The fourth-order valence-electron chi connectivity index (χ4n) is 5.40. The molecule has 40 heavy (non-hydrogen) atoms. The van der Waals surface area contributed by atoms with E-state index in [1.165, 1.54) is 24.3 Å². The number of aromatic hydroxyl groups is 1. The first kappa shape index (κ1) is 28.8. The minimum absolute atomic E-state index is 0.0472. The molecule has 1 aliphatic carbocycles. The number of phenolic OH excluding ortho intramolecular Hbond substituents is 1. The van der Waals surface area contributed by atoms with Crippen molar-refractivity contribution in [2.75, 3.05) is 19.8 Å². The van der Waals surface area contributed by atoms with Crippen molar-refractivity contribution in [3.05, 3.63) is 60.2 Å². The van der Waals surface area contributed by atoms with Gasteiger partial charge in [0.25, 0.3) is 10.0 Å². The van der Waals surface area contributed by atoms with Crippen molar-refractivity contribution in [2.24, 2.45) is 5.92 Å². The number of hydrogen-bond donors (Lipinski definition) is 3. The number of nitrogens with one attached hydrogen (secondary N) is 1. The molecule has 5 rings (SSSR count). The summed E-state index contributed by atoms with van der Waals surface area (Å²) < 4.78 is 44.7. The zero-order valence-electron chi connectivity index (χ0n) is 22.1. The van der Waals surface area contributed by atoms with Crippen LogP contribution in [-0.2, 0) is 35.5 Å². The lowest BCUT2D eigenvalue weighted by Crippen LogP contribution is -2.51. The maximum Gasteiger partial charge on any atom is 0.407 e. The lowest BCUT2D eigenvalue weighted by Gasteiger charge is -2.31. The molecule has 2 aromatic rings. The van der Waals surface area contributed by atoms with E-state index in [2.05, 4.69) is 5.32 Å². The van der Waals surface area contributed by atoms with E-state index >= 15 is 0 Å². The molecule has 3 N–H and O–H groups in total. The third kappa shape index (κ3) is 6.93. The van der Waals surface area contributed by atoms with Gasteiger partial charge in [0.2, 0.25) is 0 Å². The van der Waals surface area contributed by atoms with Crippen molar-refractivity contribution in [2.45, 2.75) is 74.1 Å². The fraction of sp³-hybridized carbons (Fsp3) is 0.536. The van der Waals surface area contributed by atoms with Crippen LogP contribution < -0.4 is 5.32 Å². The quantitative estimate of drug-likeness (QED) is 0.344. The molecule has 0 aromatic heterocycles. The third-order valence-corrected chi connectivity index (χ3v) is 9.26. The smallest absolute Gasteiger partial charge is 0.407 e. The van der Waals surface area contributed by atoms with Crippen molar-refractivity contribution >= 4 is 16.1 Å². The zero-order chi connectivity index (χ0) is 28.1. The van der Waals surface area contributed by atoms with Crippen molar-refractivity contribution in [1.82, 2.24) is 9.79 Å². The maximum absolute atomic E-state index is 13.6. The van der Waals surface area contributed by atoms with Gasteiger partial charge < -0.3 is 29.7 Å². The number of ether oxygens (including phenoxy) is 3. The number of carbonyl (C=O) groups excluding carboxylic acids is 1. The van der Waals surface area contributed by atoms with E-state index < -0.39 is 40.9 Å². The summed E-state index contributed by atoms with van der Waals surface area (Å²) in [5, 5.41) is 23.8. The summed E-state index contributed by atoms with van der Waals surface area (Å²) in [4.78, 5) is 18.8. The largest absolute Gasteiger partial charge is 0.508 e. The van der Waals surface area contributed by atoms with Crippen molar-refractivity contribution < 1.29 is 42.5 Å². The Hall–Kier alpha value is -2.74. The van der Waals surface area contributed by atoms with E-state index in [4.69, 9.17) is 19.0 Å². The average molecular weight is 577 g/mol. The molecule has 1 amide bonds. The molecule has 11 nitrogen and oxygen atoms in total. The summed E-state index contributed by atoms with van der Waals surface area (Å²) in [6.45, 7) is 0.337. The Bertz CT molecular complexity index is 1220. The second kappa shape index (κ2) is 12.8. The van der Waals surface area contributed by atoms with Gasteiger partial charge in [0.05, 0.1) is 48.8 Å². The Balaban J connectivity index is 1.33. The van der Waals surface area contributed by atoms with Gasteiger partial charge in [-0.1, -0.05) is 47.6 Å². The minimum Gasteiger partial charge on any atom is -0.508 e. The molecule has 3 aliphatic rings. The summed E-state index contributed by atoms with van der Waals surface area (Å²) in [5.74, 6) is -0.120. The number of benzene rings is 2. The van der Waals surface area contributed by atoms with E-state index in [-0.39, 0.29) is 42.0 Å². The van der Waals surface area contributed by atoms with Crippen LogP contribution in [0.2, 0.25) is 0 Å². The van der Waals surface area contributed by atoms with Gasteiger partial charge in [0.15, 0.2) is 6.29 Å². The summed E-state index contributed by atoms with van der Waals surface area (Å²) in [7, 11) is -4.20. The number of carbonyl (C=O) groups is 1. The number of nitrogens with zero attached hydrogens (tertiary/aromatic N) is 1. The Labute approximate surface area is 234 Å². The lowest BCUT2D eigenvalue weighted by molar-refractivity contribution is -0.145. The highest BCUT2D eigenvalue weighted by Crippen LogP contribution is 2.33. The van der Waals surface area contributed by atoms with Crippen LogP contribution in [-0.4, -0.2) is 79.6 Å². The number of aliphatic hydroxyl groups excluding tert-OH is 1. The zero-order valence-corrected chi connectivity index (χ0v) is 22.9. The molecule has 218 valence electrons. The number of aliphatic hydroxyl groups is 1. The number of rotatable bonds is 11. The van der Waals surface area contributed by atoms with Crippen molar-refractivity contribution in [1.29, 1.82) is 0 Å². The molecule has 3 fully saturated rings. The molecule has 2 saturated heterocycles. The highest BCUT2D eigenvalue weighted by Gasteiger charge is 2.44. The molecule has 1 saturated carbocycles. The van der Waals surface area contributed by atoms with E-state index in [0.29, 0.717) is 19.4 Å². The minimum atomic E-state index is -4.20. The number of alkyl carbamates (subject to hydrolysis) is 1. The summed E-state index contributed by atoms with van der Waals surface area (Å²) in [6.07, 6.45) is 0.947. The number of hydrogen-bond acceptors (Lipinski definition) is 9. The SMILES string of the molecule is O=C(NC(Cc1ccccc1)[C@H](O)CN(OC1CCCC1)S(=O)(=O)c1ccc(O)cc1)O[C@H]1CO[C@H]2OCC[C@H]21. The predicted octanol–water partition coefficient (Wildman–Crippen LogP) is 2.72. The standard InChI is InChI=1S/C28H36N2O9S/c31-20-10-12-22(13-11-20)40(34,35)30(39-21-8-4-5-9-21)17-25(32)24(16-19-6-2-1-3-7-19)29-28(33)38-26-18-37-27-23(26)14-15-36-27/h1-3,6-7,10-13,21,23-27,31-32H,4-5,8-9,14-18H2,(H,29,33)/t23-,24?,25+,26-,27+/m0/s1. The van der Waals surface area contributed by atoms with E-state index in [9.17, 15) is 23.4 Å². The molecule has 5 atom stereocenters. The highest BCUT2D eigenvalue weighted by molar-refractivity contribution is 7.89. The van der Waals surface area contributed by atoms with Gasteiger partial charge in [-0.2, -0.15) is 0 Å². The Kier molecular flexibility index (Phi) is 9.24. The van der Waals surface area contributed by atoms with Crippen LogP contribution in [0.1, 0.15) is 37.7 Å². The van der Waals surface area contributed by atoms with Gasteiger partial charge in [0.1, 0.15) is 11.9 Å². The van der Waals surface area contributed by atoms with Crippen LogP contribution in [0.15, 0.2) is 59.5 Å². The molecule has 0 radical (unpaired) electrons. The monoisotopic (exact) mass is 576 g/mol. The second-order valence-electron chi connectivity index (χ2n) is 10.5. The second-order valence-corrected chi connectivity index (χ2v) is 12.3. The van der Waals surface area contributed by atoms with Crippen molar-refractivity contribution in [3.63, 3.8) is 0 Å². The van der Waals surface area contributed by atoms with Crippen LogP contribution in [0.25, 0.3) is 0 Å². The first-order valence-corrected chi connectivity index (χ1v) is 15.1. The van der Waals surface area contributed by atoms with E-state index in [1.807, 2.05) is 30.3 Å². The highest BCUT2D eigenvalue weighted by atomic mass is 32.2. The first-order chi connectivity index (χ1) is 19.3. The molecule has 1 unspecified atom stereocenters. The van der Waals surface area contributed by atoms with Gasteiger partial charge in [-0.25, -0.2) is 13.2 Å². The summed E-state index contributed by atoms with van der Waals surface area (Å²) in [5.41, 5.74) is 0.838. The summed E-state index contributed by atoms with van der Waals surface area (Å²) in [6, 6.07) is 13.5. The predicted molar refractivity (Wildman–Crippen MR) is 142 cm³/mol. The summed E-state index contributed by atoms with van der Waals surface area (Å²) >= 11 is 0. The number of amides is 1. The normalized spacial score (nSPS) is 24.6. The fourth-order valence-corrected chi connectivity index (χ4v) is 6.69. The maximum atomic E-state index is 13.6. The molecular weight excluding hydrogens is 540 g/mol. The van der Waals surface area contributed by atoms with E-state index in [0.717, 1.165) is 29.3 Å². The van der Waals surface area contributed by atoms with Crippen LogP contribution in [0.3, 0.4) is 0 Å². The molecule has 2 heterocycles. The topological polar surface area (TPSA) is 144 Å². The number of fused-ring (bicyclic) bond motifs is 1. The number of phenols is 1. The van der Waals surface area contributed by atoms with Gasteiger partial charge in [-0.3, -0.25) is 4.84 Å².